The van der Waals surface area contributed by atoms with Crippen LogP contribution in [0.25, 0.3) is 0 Å². The number of unbranched alkanes of at least 4 members (excludes halogenated alkanes) is 1. The molecule has 2 aromatic carbocycles. The summed E-state index contributed by atoms with van der Waals surface area (Å²) in [5.41, 5.74) is -0.441. The average molecular weight is 372 g/mol. The summed E-state index contributed by atoms with van der Waals surface area (Å²) in [6.07, 6.45) is -2.60. The summed E-state index contributed by atoms with van der Waals surface area (Å²) in [6.45, 7) is 2.59. The number of halogens is 4. The molecule has 3 nitrogen and oxygen atoms in total. The monoisotopic (exact) mass is 371 g/mol. The topological polar surface area (TPSA) is 38.3 Å². The fraction of sp³-hybridized carbons (Fsp3) is 0.278. The van der Waals surface area contributed by atoms with Crippen LogP contribution in [0.15, 0.2) is 42.5 Å². The SMILES string of the molecule is CCCCOc1cccc(C(=O)Nc2ccc(C(F)(F)F)cc2Cl)c1. The lowest BCUT2D eigenvalue weighted by Crippen LogP contribution is -2.13. The van der Waals surface area contributed by atoms with Gasteiger partial charge in [-0.05, 0) is 42.8 Å². The molecule has 1 N–H and O–H groups in total. The minimum absolute atomic E-state index is 0.108. The maximum atomic E-state index is 12.6. The maximum Gasteiger partial charge on any atom is 0.416 e. The van der Waals surface area contributed by atoms with Crippen molar-refractivity contribution in [2.75, 3.05) is 11.9 Å². The van der Waals surface area contributed by atoms with Gasteiger partial charge in [0.2, 0.25) is 0 Å². The van der Waals surface area contributed by atoms with E-state index in [-0.39, 0.29) is 10.7 Å². The van der Waals surface area contributed by atoms with Crippen molar-refractivity contribution in [1.82, 2.24) is 0 Å². The van der Waals surface area contributed by atoms with Crippen molar-refractivity contribution in [2.45, 2.75) is 25.9 Å². The van der Waals surface area contributed by atoms with Gasteiger partial charge in [0, 0.05) is 5.56 Å². The van der Waals surface area contributed by atoms with Gasteiger partial charge >= 0.3 is 6.18 Å². The lowest BCUT2D eigenvalue weighted by Gasteiger charge is -2.12. The van der Waals surface area contributed by atoms with E-state index in [1.807, 2.05) is 6.92 Å². The Morgan fingerprint density at radius 3 is 2.60 bits per heavy atom. The maximum absolute atomic E-state index is 12.6. The van der Waals surface area contributed by atoms with Crippen molar-refractivity contribution < 1.29 is 22.7 Å². The first kappa shape index (κ1) is 19.1. The van der Waals surface area contributed by atoms with Crippen molar-refractivity contribution in [3.05, 3.63) is 58.6 Å². The van der Waals surface area contributed by atoms with Crippen LogP contribution in [0.4, 0.5) is 18.9 Å². The summed E-state index contributed by atoms with van der Waals surface area (Å²) in [5, 5.41) is 2.32. The van der Waals surface area contributed by atoms with Gasteiger partial charge in [-0.2, -0.15) is 13.2 Å². The zero-order valence-electron chi connectivity index (χ0n) is 13.5. The summed E-state index contributed by atoms with van der Waals surface area (Å²) >= 11 is 5.84. The molecule has 7 heteroatoms. The first-order chi connectivity index (χ1) is 11.8. The summed E-state index contributed by atoms with van der Waals surface area (Å²) in [6, 6.07) is 9.34. The predicted octanol–water partition coefficient (Wildman–Crippen LogP) is 5.79. The van der Waals surface area contributed by atoms with Gasteiger partial charge in [0.05, 0.1) is 22.9 Å². The highest BCUT2D eigenvalue weighted by Gasteiger charge is 2.31. The van der Waals surface area contributed by atoms with Crippen molar-refractivity contribution in [3.63, 3.8) is 0 Å². The molecular formula is C18H17ClF3NO2. The minimum atomic E-state index is -4.49. The standard InChI is InChI=1S/C18H17ClF3NO2/c1-2-3-9-25-14-6-4-5-12(10-14)17(24)23-16-8-7-13(11-15(16)19)18(20,21)22/h4-8,10-11H,2-3,9H2,1H3,(H,23,24). The van der Waals surface area contributed by atoms with Crippen LogP contribution in [-0.2, 0) is 6.18 Å². The van der Waals surface area contributed by atoms with E-state index in [0.29, 0.717) is 17.9 Å². The van der Waals surface area contributed by atoms with Crippen LogP contribution in [0.3, 0.4) is 0 Å². The van der Waals surface area contributed by atoms with Gasteiger partial charge in [0.25, 0.3) is 5.91 Å². The second kappa shape index (κ2) is 8.25. The molecule has 0 fully saturated rings. The number of hydrogen-bond acceptors (Lipinski definition) is 2. The molecule has 0 aliphatic rings. The Balaban J connectivity index is 2.10. The molecule has 0 spiro atoms. The number of amides is 1. The second-order valence-corrected chi connectivity index (χ2v) is 5.78. The van der Waals surface area contributed by atoms with Gasteiger partial charge in [-0.15, -0.1) is 0 Å². The number of anilines is 1. The number of rotatable bonds is 6. The first-order valence-electron chi connectivity index (χ1n) is 7.72. The number of ether oxygens (including phenoxy) is 1. The van der Waals surface area contributed by atoms with Crippen LogP contribution in [0, 0.1) is 0 Å². The van der Waals surface area contributed by atoms with Crippen LogP contribution in [0.1, 0.15) is 35.7 Å². The third-order valence-corrected chi connectivity index (χ3v) is 3.72. The summed E-state index contributed by atoms with van der Waals surface area (Å²) in [4.78, 5) is 12.3. The second-order valence-electron chi connectivity index (χ2n) is 5.38. The number of benzene rings is 2. The molecule has 0 saturated heterocycles. The largest absolute Gasteiger partial charge is 0.494 e. The van der Waals surface area contributed by atoms with Gasteiger partial charge in [-0.25, -0.2) is 0 Å². The molecule has 0 aliphatic heterocycles. The Morgan fingerprint density at radius 1 is 1.20 bits per heavy atom. The minimum Gasteiger partial charge on any atom is -0.494 e. The molecule has 0 unspecified atom stereocenters. The summed E-state index contributed by atoms with van der Waals surface area (Å²) < 4.78 is 43.5. The van der Waals surface area contributed by atoms with E-state index >= 15 is 0 Å². The zero-order chi connectivity index (χ0) is 18.4. The Kier molecular flexibility index (Phi) is 6.31. The van der Waals surface area contributed by atoms with Crippen LogP contribution in [0.5, 0.6) is 5.75 Å². The van der Waals surface area contributed by atoms with Crippen LogP contribution in [-0.4, -0.2) is 12.5 Å². The fourth-order valence-corrected chi connectivity index (χ4v) is 2.28. The molecule has 0 saturated carbocycles. The molecule has 0 atom stereocenters. The first-order valence-corrected chi connectivity index (χ1v) is 8.10. The molecule has 0 bridgehead atoms. The van der Waals surface area contributed by atoms with Crippen LogP contribution >= 0.6 is 11.6 Å². The van der Waals surface area contributed by atoms with Gasteiger partial charge in [0.1, 0.15) is 5.75 Å². The Hall–Kier alpha value is -2.21. The molecule has 134 valence electrons. The summed E-state index contributed by atoms with van der Waals surface area (Å²) in [7, 11) is 0. The van der Waals surface area contributed by atoms with E-state index < -0.39 is 17.6 Å². The molecular weight excluding hydrogens is 355 g/mol. The lowest BCUT2D eigenvalue weighted by atomic mass is 10.1. The number of hydrogen-bond donors (Lipinski definition) is 1. The molecule has 0 aromatic heterocycles. The molecule has 2 aromatic rings. The third-order valence-electron chi connectivity index (χ3n) is 3.41. The molecule has 0 heterocycles. The summed E-state index contributed by atoms with van der Waals surface area (Å²) in [5.74, 6) is 0.0715. The highest BCUT2D eigenvalue weighted by Crippen LogP contribution is 2.33. The van der Waals surface area contributed by atoms with E-state index in [1.54, 1.807) is 24.3 Å². The smallest absolute Gasteiger partial charge is 0.416 e. The third kappa shape index (κ3) is 5.39. The predicted molar refractivity (Wildman–Crippen MR) is 91.3 cm³/mol. The van der Waals surface area contributed by atoms with Crippen molar-refractivity contribution in [3.8, 4) is 5.75 Å². The molecule has 2 rings (SSSR count). The van der Waals surface area contributed by atoms with E-state index in [1.165, 1.54) is 0 Å². The Morgan fingerprint density at radius 2 is 1.96 bits per heavy atom. The van der Waals surface area contributed by atoms with Crippen LogP contribution in [0.2, 0.25) is 5.02 Å². The van der Waals surface area contributed by atoms with Gasteiger partial charge < -0.3 is 10.1 Å². The highest BCUT2D eigenvalue weighted by molar-refractivity contribution is 6.34. The van der Waals surface area contributed by atoms with E-state index in [9.17, 15) is 18.0 Å². The molecule has 25 heavy (non-hydrogen) atoms. The Bertz CT molecular complexity index is 747. The number of nitrogens with one attached hydrogen (secondary N) is 1. The molecule has 0 aliphatic carbocycles. The number of carbonyl (C=O) groups excluding carboxylic acids is 1. The normalized spacial score (nSPS) is 11.2. The molecule has 1 amide bonds. The van der Waals surface area contributed by atoms with Crippen molar-refractivity contribution in [2.24, 2.45) is 0 Å². The number of alkyl halides is 3. The van der Waals surface area contributed by atoms with Crippen molar-refractivity contribution >= 4 is 23.2 Å². The van der Waals surface area contributed by atoms with Gasteiger partial charge in [-0.1, -0.05) is 31.0 Å². The zero-order valence-corrected chi connectivity index (χ0v) is 14.2. The highest BCUT2D eigenvalue weighted by atomic mass is 35.5. The van der Waals surface area contributed by atoms with E-state index in [0.717, 1.165) is 31.0 Å². The average Bonchev–Trinajstić information content (AvgIpc) is 2.56. The van der Waals surface area contributed by atoms with E-state index in [4.69, 9.17) is 16.3 Å². The van der Waals surface area contributed by atoms with Crippen molar-refractivity contribution in [1.29, 1.82) is 0 Å². The van der Waals surface area contributed by atoms with Gasteiger partial charge in [-0.3, -0.25) is 4.79 Å². The van der Waals surface area contributed by atoms with Crippen LogP contribution < -0.4 is 10.1 Å². The quantitative estimate of drug-likeness (QED) is 0.652. The lowest BCUT2D eigenvalue weighted by molar-refractivity contribution is -0.137. The fourth-order valence-electron chi connectivity index (χ4n) is 2.05. The molecule has 0 radical (unpaired) electrons. The number of carbonyl (C=O) groups is 1. The van der Waals surface area contributed by atoms with Gasteiger partial charge in [0.15, 0.2) is 0 Å². The Labute approximate surface area is 148 Å². The van der Waals surface area contributed by atoms with E-state index in [2.05, 4.69) is 5.32 Å².